The maximum Gasteiger partial charge on any atom is 0.306 e. The van der Waals surface area contributed by atoms with Crippen LogP contribution in [0.3, 0.4) is 0 Å². The van der Waals surface area contributed by atoms with Crippen LogP contribution in [0.1, 0.15) is 18.9 Å². The number of carboxylic acid groups (broad SMARTS) is 1. The highest BCUT2D eigenvalue weighted by Gasteiger charge is 2.09. The summed E-state index contributed by atoms with van der Waals surface area (Å²) in [7, 11) is 1.64. The van der Waals surface area contributed by atoms with Gasteiger partial charge in [-0.15, -0.1) is 0 Å². The number of hydrogen-bond acceptors (Lipinski definition) is 3. The molecule has 0 saturated heterocycles. The lowest BCUT2D eigenvalue weighted by atomic mass is 10.1. The van der Waals surface area contributed by atoms with Gasteiger partial charge in [-0.3, -0.25) is 4.79 Å². The molecule has 0 spiro atoms. The Kier molecular flexibility index (Phi) is 5.49. The van der Waals surface area contributed by atoms with E-state index in [4.69, 9.17) is 9.84 Å². The van der Waals surface area contributed by atoms with Crippen LogP contribution in [0.4, 0.5) is 0 Å². The largest absolute Gasteiger partial charge is 0.497 e. The van der Waals surface area contributed by atoms with Crippen molar-refractivity contribution < 1.29 is 14.6 Å². The molecule has 0 bridgehead atoms. The summed E-state index contributed by atoms with van der Waals surface area (Å²) in [6.07, 6.45) is 0.644. The predicted molar refractivity (Wildman–Crippen MR) is 66.1 cm³/mol. The first kappa shape index (κ1) is 13.5. The van der Waals surface area contributed by atoms with E-state index in [-0.39, 0.29) is 5.92 Å². The van der Waals surface area contributed by atoms with Crippen LogP contribution >= 0.6 is 0 Å². The van der Waals surface area contributed by atoms with Gasteiger partial charge in [-0.1, -0.05) is 19.1 Å². The maximum absolute atomic E-state index is 10.6. The maximum atomic E-state index is 10.6. The van der Waals surface area contributed by atoms with Crippen LogP contribution in [0.15, 0.2) is 24.3 Å². The topological polar surface area (TPSA) is 58.6 Å². The van der Waals surface area contributed by atoms with Crippen molar-refractivity contribution in [1.82, 2.24) is 5.32 Å². The van der Waals surface area contributed by atoms with E-state index in [1.807, 2.05) is 24.3 Å². The predicted octanol–water partition coefficient (Wildman–Crippen LogP) is 1.90. The van der Waals surface area contributed by atoms with E-state index in [9.17, 15) is 4.79 Å². The van der Waals surface area contributed by atoms with Crippen molar-refractivity contribution in [2.75, 3.05) is 13.7 Å². The molecule has 94 valence electrons. The first-order valence-corrected chi connectivity index (χ1v) is 5.70. The lowest BCUT2D eigenvalue weighted by molar-refractivity contribution is -0.141. The van der Waals surface area contributed by atoms with Crippen LogP contribution in [-0.2, 0) is 11.3 Å². The Morgan fingerprint density at radius 3 is 2.59 bits per heavy atom. The second-order valence-corrected chi connectivity index (χ2v) is 4.05. The highest BCUT2D eigenvalue weighted by molar-refractivity contribution is 5.69. The molecule has 17 heavy (non-hydrogen) atoms. The molecule has 0 aliphatic rings. The monoisotopic (exact) mass is 237 g/mol. The number of carboxylic acids is 1. The fourth-order valence-electron chi connectivity index (χ4n) is 1.42. The Hall–Kier alpha value is -1.55. The molecule has 0 aliphatic heterocycles. The van der Waals surface area contributed by atoms with Crippen molar-refractivity contribution in [3.05, 3.63) is 29.8 Å². The average molecular weight is 237 g/mol. The molecule has 0 aliphatic carbocycles. The summed E-state index contributed by atoms with van der Waals surface area (Å²) in [5, 5.41) is 11.9. The summed E-state index contributed by atoms with van der Waals surface area (Å²) in [5.41, 5.74) is 1.16. The van der Waals surface area contributed by atoms with Crippen molar-refractivity contribution in [2.24, 2.45) is 5.92 Å². The van der Waals surface area contributed by atoms with Gasteiger partial charge in [-0.25, -0.2) is 0 Å². The van der Waals surface area contributed by atoms with E-state index in [1.54, 1.807) is 14.0 Å². The molecular weight excluding hydrogens is 218 g/mol. The summed E-state index contributed by atoms with van der Waals surface area (Å²) >= 11 is 0. The summed E-state index contributed by atoms with van der Waals surface area (Å²) in [4.78, 5) is 10.6. The molecule has 0 saturated carbocycles. The number of methoxy groups -OCH3 is 1. The smallest absolute Gasteiger partial charge is 0.306 e. The Labute approximate surface area is 102 Å². The van der Waals surface area contributed by atoms with Crippen molar-refractivity contribution in [3.63, 3.8) is 0 Å². The van der Waals surface area contributed by atoms with E-state index in [2.05, 4.69) is 5.32 Å². The van der Waals surface area contributed by atoms with E-state index in [0.717, 1.165) is 17.9 Å². The van der Waals surface area contributed by atoms with Crippen LogP contribution in [0, 0.1) is 5.92 Å². The van der Waals surface area contributed by atoms with E-state index in [1.165, 1.54) is 0 Å². The molecule has 4 heteroatoms. The molecular formula is C13H19NO3. The van der Waals surface area contributed by atoms with Gasteiger partial charge in [0.05, 0.1) is 13.0 Å². The highest BCUT2D eigenvalue weighted by atomic mass is 16.5. The number of carbonyl (C=O) groups is 1. The van der Waals surface area contributed by atoms with Crippen molar-refractivity contribution in [2.45, 2.75) is 19.9 Å². The second-order valence-electron chi connectivity index (χ2n) is 4.05. The Morgan fingerprint density at radius 2 is 2.06 bits per heavy atom. The normalized spacial score (nSPS) is 12.1. The standard InChI is InChI=1S/C13H19NO3/c1-10(13(15)16)7-8-14-9-11-3-5-12(17-2)6-4-11/h3-6,10,14H,7-9H2,1-2H3,(H,15,16). The van der Waals surface area contributed by atoms with E-state index in [0.29, 0.717) is 13.0 Å². The SMILES string of the molecule is COc1ccc(CNCCC(C)C(=O)O)cc1. The Morgan fingerprint density at radius 1 is 1.41 bits per heavy atom. The number of aliphatic carboxylic acids is 1. The van der Waals surface area contributed by atoms with Crippen LogP contribution in [-0.4, -0.2) is 24.7 Å². The molecule has 4 nitrogen and oxygen atoms in total. The van der Waals surface area contributed by atoms with Gasteiger partial charge in [0, 0.05) is 6.54 Å². The number of nitrogens with one attached hydrogen (secondary N) is 1. The third-order valence-corrected chi connectivity index (χ3v) is 2.66. The van der Waals surface area contributed by atoms with Crippen molar-refractivity contribution in [3.8, 4) is 5.75 Å². The molecule has 1 aromatic rings. The minimum atomic E-state index is -0.740. The Bertz CT molecular complexity index is 348. The fraction of sp³-hybridized carbons (Fsp3) is 0.462. The fourth-order valence-corrected chi connectivity index (χ4v) is 1.42. The third kappa shape index (κ3) is 4.87. The van der Waals surface area contributed by atoms with Gasteiger partial charge in [0.2, 0.25) is 0 Å². The summed E-state index contributed by atoms with van der Waals surface area (Å²) in [5.74, 6) is -0.192. The van der Waals surface area contributed by atoms with Crippen LogP contribution in [0.2, 0.25) is 0 Å². The van der Waals surface area contributed by atoms with E-state index >= 15 is 0 Å². The van der Waals surface area contributed by atoms with Crippen LogP contribution in [0.25, 0.3) is 0 Å². The number of benzene rings is 1. The molecule has 1 aromatic carbocycles. The lowest BCUT2D eigenvalue weighted by Gasteiger charge is -2.08. The number of hydrogen-bond donors (Lipinski definition) is 2. The van der Waals surface area contributed by atoms with Crippen molar-refractivity contribution >= 4 is 5.97 Å². The first-order valence-electron chi connectivity index (χ1n) is 5.70. The van der Waals surface area contributed by atoms with Crippen LogP contribution in [0.5, 0.6) is 5.75 Å². The highest BCUT2D eigenvalue weighted by Crippen LogP contribution is 2.11. The molecule has 2 N–H and O–H groups in total. The zero-order valence-corrected chi connectivity index (χ0v) is 10.3. The van der Waals surface area contributed by atoms with Gasteiger partial charge in [-0.2, -0.15) is 0 Å². The second kappa shape index (κ2) is 6.91. The lowest BCUT2D eigenvalue weighted by Crippen LogP contribution is -2.20. The van der Waals surface area contributed by atoms with Gasteiger partial charge >= 0.3 is 5.97 Å². The van der Waals surface area contributed by atoms with E-state index < -0.39 is 5.97 Å². The molecule has 1 atom stereocenters. The van der Waals surface area contributed by atoms with Gasteiger partial charge in [0.1, 0.15) is 5.75 Å². The first-order chi connectivity index (χ1) is 8.13. The molecule has 1 unspecified atom stereocenters. The van der Waals surface area contributed by atoms with Gasteiger partial charge in [0.25, 0.3) is 0 Å². The minimum absolute atomic E-state index is 0.293. The van der Waals surface area contributed by atoms with Gasteiger partial charge < -0.3 is 15.2 Å². The minimum Gasteiger partial charge on any atom is -0.497 e. The quantitative estimate of drug-likeness (QED) is 0.711. The molecule has 0 radical (unpaired) electrons. The molecule has 1 rings (SSSR count). The van der Waals surface area contributed by atoms with Crippen molar-refractivity contribution in [1.29, 1.82) is 0 Å². The third-order valence-electron chi connectivity index (χ3n) is 2.66. The van der Waals surface area contributed by atoms with Crippen LogP contribution < -0.4 is 10.1 Å². The summed E-state index contributed by atoms with van der Waals surface area (Å²) in [6.45, 7) is 3.17. The number of rotatable bonds is 7. The Balaban J connectivity index is 2.24. The molecule has 0 amide bonds. The summed E-state index contributed by atoms with van der Waals surface area (Å²) in [6, 6.07) is 7.81. The molecule has 0 heterocycles. The zero-order valence-electron chi connectivity index (χ0n) is 10.3. The van der Waals surface area contributed by atoms with Gasteiger partial charge in [0.15, 0.2) is 0 Å². The van der Waals surface area contributed by atoms with Gasteiger partial charge in [-0.05, 0) is 30.7 Å². The molecule has 0 fully saturated rings. The number of ether oxygens (including phenoxy) is 1. The average Bonchev–Trinajstić information content (AvgIpc) is 2.35. The summed E-state index contributed by atoms with van der Waals surface area (Å²) < 4.78 is 5.07. The zero-order chi connectivity index (χ0) is 12.7. The molecule has 0 aromatic heterocycles.